The lowest BCUT2D eigenvalue weighted by Gasteiger charge is -2.45. The number of rotatable bonds is 8. The first-order valence-electron chi connectivity index (χ1n) is 13.7. The lowest BCUT2D eigenvalue weighted by atomic mass is 9.85. The molecule has 0 radical (unpaired) electrons. The first-order valence-corrected chi connectivity index (χ1v) is 14.1. The standard InChI is InChI=1S/C31H30ClF3N6O/c1-21(31(42,18-40-20-36-19-37-40)28-9-5-25(34)15-29(28)35)39-12-10-38(11-13-39)16-22-17-41(26-6-3-24(33)4-7-26)30-14-23(32)2-8-27(22)30/h2-9,14-15,17,19-21,42H,10-13,16,18H2,1H3/t21-,31-/m1/s1. The van der Waals surface area contributed by atoms with Crippen LogP contribution in [0.3, 0.4) is 0 Å². The van der Waals surface area contributed by atoms with Gasteiger partial charge >= 0.3 is 0 Å². The summed E-state index contributed by atoms with van der Waals surface area (Å²) in [6.45, 7) is 5.19. The Morgan fingerprint density at radius 3 is 2.38 bits per heavy atom. The quantitative estimate of drug-likeness (QED) is 0.261. The highest BCUT2D eigenvalue weighted by Crippen LogP contribution is 2.34. The molecular weight excluding hydrogens is 565 g/mol. The average molecular weight is 595 g/mol. The lowest BCUT2D eigenvalue weighted by Crippen LogP contribution is -2.57. The molecule has 2 atom stereocenters. The molecule has 1 saturated heterocycles. The predicted molar refractivity (Wildman–Crippen MR) is 155 cm³/mol. The van der Waals surface area contributed by atoms with Crippen molar-refractivity contribution >= 4 is 22.5 Å². The van der Waals surface area contributed by atoms with Crippen LogP contribution in [0.2, 0.25) is 5.02 Å². The highest BCUT2D eigenvalue weighted by molar-refractivity contribution is 6.31. The summed E-state index contributed by atoms with van der Waals surface area (Å²) in [6, 6.07) is 14.9. The van der Waals surface area contributed by atoms with E-state index in [0.29, 0.717) is 37.7 Å². The summed E-state index contributed by atoms with van der Waals surface area (Å²) in [5, 5.41) is 17.8. The fourth-order valence-electron chi connectivity index (χ4n) is 5.91. The topological polar surface area (TPSA) is 62.4 Å². The monoisotopic (exact) mass is 594 g/mol. The van der Waals surface area contributed by atoms with E-state index in [9.17, 15) is 13.9 Å². The molecule has 0 bridgehead atoms. The molecule has 1 fully saturated rings. The van der Waals surface area contributed by atoms with E-state index in [1.165, 1.54) is 35.5 Å². The van der Waals surface area contributed by atoms with E-state index in [1.807, 2.05) is 29.7 Å². The molecule has 0 amide bonds. The summed E-state index contributed by atoms with van der Waals surface area (Å²) < 4.78 is 45.8. The van der Waals surface area contributed by atoms with Crippen molar-refractivity contribution < 1.29 is 18.3 Å². The number of aromatic nitrogens is 4. The minimum Gasteiger partial charge on any atom is -0.381 e. The maximum atomic E-state index is 15.0. The van der Waals surface area contributed by atoms with Gasteiger partial charge in [-0.25, -0.2) is 22.8 Å². The zero-order chi connectivity index (χ0) is 29.4. The first-order chi connectivity index (χ1) is 20.2. The van der Waals surface area contributed by atoms with Crippen molar-refractivity contribution in [1.29, 1.82) is 0 Å². The number of fused-ring (bicyclic) bond motifs is 1. The van der Waals surface area contributed by atoms with Gasteiger partial charge in [0, 0.05) is 72.7 Å². The van der Waals surface area contributed by atoms with Crippen LogP contribution in [-0.2, 0) is 18.7 Å². The predicted octanol–water partition coefficient (Wildman–Crippen LogP) is 5.39. The van der Waals surface area contributed by atoms with Gasteiger partial charge in [0.1, 0.15) is 35.7 Å². The molecule has 6 rings (SSSR count). The van der Waals surface area contributed by atoms with Crippen LogP contribution < -0.4 is 0 Å². The summed E-state index contributed by atoms with van der Waals surface area (Å²) in [5.74, 6) is -1.81. The second-order valence-corrected chi connectivity index (χ2v) is 11.2. The third-order valence-electron chi connectivity index (χ3n) is 8.26. The van der Waals surface area contributed by atoms with Gasteiger partial charge in [-0.1, -0.05) is 23.7 Å². The molecule has 0 aliphatic carbocycles. The Balaban J connectivity index is 1.21. The van der Waals surface area contributed by atoms with E-state index >= 15 is 4.39 Å². The number of hydrogen-bond donors (Lipinski definition) is 1. The van der Waals surface area contributed by atoms with E-state index in [1.54, 1.807) is 12.1 Å². The minimum atomic E-state index is -1.69. The molecular formula is C31H30ClF3N6O. The lowest BCUT2D eigenvalue weighted by molar-refractivity contribution is -0.0743. The van der Waals surface area contributed by atoms with E-state index in [4.69, 9.17) is 11.6 Å². The molecule has 2 aromatic heterocycles. The fourth-order valence-corrected chi connectivity index (χ4v) is 6.07. The maximum absolute atomic E-state index is 15.0. The summed E-state index contributed by atoms with van der Waals surface area (Å²) in [5.41, 5.74) is 1.23. The largest absolute Gasteiger partial charge is 0.381 e. The Morgan fingerprint density at radius 2 is 1.69 bits per heavy atom. The molecule has 3 heterocycles. The molecule has 42 heavy (non-hydrogen) atoms. The Morgan fingerprint density at radius 1 is 0.952 bits per heavy atom. The zero-order valence-corrected chi connectivity index (χ0v) is 23.7. The van der Waals surface area contributed by atoms with Crippen molar-refractivity contribution in [3.8, 4) is 5.69 Å². The second-order valence-electron chi connectivity index (χ2n) is 10.8. The van der Waals surface area contributed by atoms with Crippen molar-refractivity contribution in [1.82, 2.24) is 29.1 Å². The van der Waals surface area contributed by atoms with Crippen molar-refractivity contribution in [3.05, 3.63) is 113 Å². The molecule has 1 aliphatic rings. The van der Waals surface area contributed by atoms with E-state index < -0.39 is 23.3 Å². The van der Waals surface area contributed by atoms with Crippen LogP contribution in [0.5, 0.6) is 0 Å². The van der Waals surface area contributed by atoms with Gasteiger partial charge in [0.05, 0.1) is 12.1 Å². The molecule has 0 saturated carbocycles. The van der Waals surface area contributed by atoms with Crippen LogP contribution in [0.15, 0.2) is 79.5 Å². The first kappa shape index (κ1) is 28.4. The number of piperazine rings is 1. The van der Waals surface area contributed by atoms with Crippen LogP contribution in [-0.4, -0.2) is 66.5 Å². The summed E-state index contributed by atoms with van der Waals surface area (Å²) in [7, 11) is 0. The van der Waals surface area contributed by atoms with Crippen molar-refractivity contribution in [2.24, 2.45) is 0 Å². The normalized spacial score (nSPS) is 17.0. The number of halogens is 4. The third kappa shape index (κ3) is 5.55. The van der Waals surface area contributed by atoms with Crippen molar-refractivity contribution in [2.75, 3.05) is 26.2 Å². The zero-order valence-electron chi connectivity index (χ0n) is 23.0. The Bertz CT molecular complexity index is 1690. The SMILES string of the molecule is C[C@@H](N1CCN(Cc2cn(-c3ccc(F)cc3)c3cc(Cl)ccc23)CC1)[C@](O)(Cn1cncn1)c1ccc(F)cc1F. The number of nitrogens with zero attached hydrogens (tertiary/aromatic N) is 6. The molecule has 0 spiro atoms. The van der Waals surface area contributed by atoms with E-state index in [2.05, 4.69) is 26.1 Å². The molecule has 3 aromatic carbocycles. The number of benzene rings is 3. The van der Waals surface area contributed by atoms with Gasteiger partial charge in [0.15, 0.2) is 0 Å². The number of aliphatic hydroxyl groups is 1. The van der Waals surface area contributed by atoms with E-state index in [0.717, 1.165) is 34.3 Å². The number of hydrogen-bond acceptors (Lipinski definition) is 5. The molecule has 5 aromatic rings. The van der Waals surface area contributed by atoms with Crippen LogP contribution in [0, 0.1) is 17.5 Å². The Kier molecular flexibility index (Phi) is 7.80. The Hall–Kier alpha value is -3.70. The summed E-state index contributed by atoms with van der Waals surface area (Å²) in [6.07, 6.45) is 4.88. The van der Waals surface area contributed by atoms with Gasteiger partial charge in [-0.2, -0.15) is 5.10 Å². The summed E-state index contributed by atoms with van der Waals surface area (Å²) in [4.78, 5) is 8.40. The van der Waals surface area contributed by atoms with Gasteiger partial charge in [0.2, 0.25) is 0 Å². The smallest absolute Gasteiger partial charge is 0.137 e. The van der Waals surface area contributed by atoms with Gasteiger partial charge in [-0.3, -0.25) is 9.80 Å². The second kappa shape index (κ2) is 11.5. The molecule has 11 heteroatoms. The van der Waals surface area contributed by atoms with Crippen LogP contribution in [0.25, 0.3) is 16.6 Å². The molecule has 7 nitrogen and oxygen atoms in total. The van der Waals surface area contributed by atoms with Crippen LogP contribution in [0.4, 0.5) is 13.2 Å². The van der Waals surface area contributed by atoms with Gasteiger partial charge in [0.25, 0.3) is 0 Å². The molecule has 0 unspecified atom stereocenters. The third-order valence-corrected chi connectivity index (χ3v) is 8.50. The van der Waals surface area contributed by atoms with Crippen LogP contribution >= 0.6 is 11.6 Å². The highest BCUT2D eigenvalue weighted by Gasteiger charge is 2.42. The van der Waals surface area contributed by atoms with Crippen LogP contribution in [0.1, 0.15) is 18.1 Å². The average Bonchev–Trinajstić information content (AvgIpc) is 3.61. The Labute approximate surface area is 246 Å². The van der Waals surface area contributed by atoms with Gasteiger partial charge in [-0.05, 0) is 55.0 Å². The van der Waals surface area contributed by atoms with Gasteiger partial charge in [-0.15, -0.1) is 0 Å². The molecule has 1 aliphatic heterocycles. The van der Waals surface area contributed by atoms with Crippen molar-refractivity contribution in [3.63, 3.8) is 0 Å². The summed E-state index contributed by atoms with van der Waals surface area (Å²) >= 11 is 6.33. The highest BCUT2D eigenvalue weighted by atomic mass is 35.5. The fraction of sp³-hybridized carbons (Fsp3) is 0.290. The van der Waals surface area contributed by atoms with E-state index in [-0.39, 0.29) is 17.9 Å². The minimum absolute atomic E-state index is 0.0154. The van der Waals surface area contributed by atoms with Crippen molar-refractivity contribution in [2.45, 2.75) is 31.7 Å². The molecule has 218 valence electrons. The van der Waals surface area contributed by atoms with Gasteiger partial charge < -0.3 is 9.67 Å². The maximum Gasteiger partial charge on any atom is 0.137 e. The molecule has 1 N–H and O–H groups in total.